The van der Waals surface area contributed by atoms with Gasteiger partial charge in [-0.15, -0.1) is 0 Å². The van der Waals surface area contributed by atoms with Gasteiger partial charge in [0.05, 0.1) is 9.26 Å². The molecule has 1 fully saturated rings. The molecule has 1 heterocycles. The van der Waals surface area contributed by atoms with Crippen LogP contribution < -0.4 is 5.73 Å². The van der Waals surface area contributed by atoms with Crippen LogP contribution >= 0.6 is 22.6 Å². The molecular formula is C16H18IN3. The molecule has 0 radical (unpaired) electrons. The summed E-state index contributed by atoms with van der Waals surface area (Å²) in [7, 11) is 0. The monoisotopic (exact) mass is 379 g/mol. The normalized spacial score (nSPS) is 14.8. The molecule has 0 aliphatic heterocycles. The number of benzene rings is 1. The van der Waals surface area contributed by atoms with Crippen molar-refractivity contribution in [1.29, 1.82) is 0 Å². The molecule has 0 atom stereocenters. The lowest BCUT2D eigenvalue weighted by atomic mass is 10.1. The Labute approximate surface area is 133 Å². The number of nitrogens with two attached hydrogens (primary N) is 1. The maximum Gasteiger partial charge on any atom is 0.161 e. The van der Waals surface area contributed by atoms with E-state index in [1.807, 2.05) is 0 Å². The zero-order chi connectivity index (χ0) is 14.3. The molecule has 1 aromatic heterocycles. The van der Waals surface area contributed by atoms with E-state index >= 15 is 0 Å². The van der Waals surface area contributed by atoms with Crippen LogP contribution in [0.5, 0.6) is 0 Å². The SMILES string of the molecule is CC(C)c1nc(-c2cccc(C3CC3)c2)nc(N)c1I. The molecule has 1 aromatic carbocycles. The quantitative estimate of drug-likeness (QED) is 0.808. The van der Waals surface area contributed by atoms with E-state index in [0.717, 1.165) is 26.6 Å². The second-order valence-corrected chi connectivity index (χ2v) is 6.76. The molecule has 2 aromatic rings. The molecule has 0 saturated heterocycles. The Bertz CT molecular complexity index is 648. The van der Waals surface area contributed by atoms with E-state index < -0.39 is 0 Å². The molecular weight excluding hydrogens is 361 g/mol. The first kappa shape index (κ1) is 13.8. The average Bonchev–Trinajstić information content (AvgIpc) is 3.26. The van der Waals surface area contributed by atoms with E-state index in [9.17, 15) is 0 Å². The average molecular weight is 379 g/mol. The Morgan fingerprint density at radius 3 is 2.65 bits per heavy atom. The maximum absolute atomic E-state index is 6.05. The summed E-state index contributed by atoms with van der Waals surface area (Å²) in [6, 6.07) is 8.57. The second kappa shape index (κ2) is 5.31. The number of nitrogens with zero attached hydrogens (tertiary/aromatic N) is 2. The maximum atomic E-state index is 6.05. The summed E-state index contributed by atoms with van der Waals surface area (Å²) in [5, 5.41) is 0. The number of nitrogen functional groups attached to an aromatic ring is 1. The largest absolute Gasteiger partial charge is 0.383 e. The molecule has 20 heavy (non-hydrogen) atoms. The molecule has 0 bridgehead atoms. The zero-order valence-electron chi connectivity index (χ0n) is 11.7. The Morgan fingerprint density at radius 1 is 1.25 bits per heavy atom. The molecule has 0 unspecified atom stereocenters. The van der Waals surface area contributed by atoms with Crippen molar-refractivity contribution in [3.8, 4) is 11.4 Å². The lowest BCUT2D eigenvalue weighted by molar-refractivity contribution is 0.810. The van der Waals surface area contributed by atoms with Crippen molar-refractivity contribution in [2.75, 3.05) is 5.73 Å². The topological polar surface area (TPSA) is 51.8 Å². The molecule has 3 nitrogen and oxygen atoms in total. The van der Waals surface area contributed by atoms with Crippen LogP contribution in [0.1, 0.15) is 49.8 Å². The Balaban J connectivity index is 2.07. The minimum atomic E-state index is 0.345. The third-order valence-corrected chi connectivity index (χ3v) is 4.75. The van der Waals surface area contributed by atoms with Gasteiger partial charge in [-0.3, -0.25) is 0 Å². The second-order valence-electron chi connectivity index (χ2n) is 5.69. The Morgan fingerprint density at radius 2 is 2.00 bits per heavy atom. The van der Waals surface area contributed by atoms with Crippen molar-refractivity contribution >= 4 is 28.4 Å². The van der Waals surface area contributed by atoms with Crippen molar-refractivity contribution in [2.24, 2.45) is 0 Å². The highest BCUT2D eigenvalue weighted by atomic mass is 127. The number of hydrogen-bond acceptors (Lipinski definition) is 3. The number of aromatic nitrogens is 2. The van der Waals surface area contributed by atoms with Crippen molar-refractivity contribution in [1.82, 2.24) is 9.97 Å². The predicted octanol–water partition coefficient (Wildman–Crippen LogP) is 4.33. The molecule has 1 aliphatic carbocycles. The van der Waals surface area contributed by atoms with Crippen LogP contribution in [0.25, 0.3) is 11.4 Å². The number of halogens is 1. The van der Waals surface area contributed by atoms with E-state index in [4.69, 9.17) is 10.7 Å². The van der Waals surface area contributed by atoms with E-state index in [-0.39, 0.29) is 0 Å². The summed E-state index contributed by atoms with van der Waals surface area (Å²) in [4.78, 5) is 9.19. The van der Waals surface area contributed by atoms with Gasteiger partial charge < -0.3 is 5.73 Å². The molecule has 104 valence electrons. The van der Waals surface area contributed by atoms with Gasteiger partial charge in [-0.1, -0.05) is 32.0 Å². The summed E-state index contributed by atoms with van der Waals surface area (Å²) in [6.07, 6.45) is 2.60. The highest BCUT2D eigenvalue weighted by molar-refractivity contribution is 14.1. The molecule has 3 rings (SSSR count). The predicted molar refractivity (Wildman–Crippen MR) is 90.7 cm³/mol. The fraction of sp³-hybridized carbons (Fsp3) is 0.375. The highest BCUT2D eigenvalue weighted by Crippen LogP contribution is 2.41. The van der Waals surface area contributed by atoms with E-state index in [1.54, 1.807) is 0 Å². The Hall–Kier alpha value is -1.17. The van der Waals surface area contributed by atoms with Crippen LogP contribution in [0.3, 0.4) is 0 Å². The number of hydrogen-bond donors (Lipinski definition) is 1. The summed E-state index contributed by atoms with van der Waals surface area (Å²) in [5.41, 5.74) is 9.55. The zero-order valence-corrected chi connectivity index (χ0v) is 13.9. The van der Waals surface area contributed by atoms with E-state index in [1.165, 1.54) is 18.4 Å². The van der Waals surface area contributed by atoms with Gasteiger partial charge in [0, 0.05) is 5.56 Å². The first-order valence-corrected chi connectivity index (χ1v) is 8.07. The van der Waals surface area contributed by atoms with E-state index in [0.29, 0.717) is 11.7 Å². The summed E-state index contributed by atoms with van der Waals surface area (Å²) in [5.74, 6) is 2.41. The minimum Gasteiger partial charge on any atom is -0.383 e. The highest BCUT2D eigenvalue weighted by Gasteiger charge is 2.24. The van der Waals surface area contributed by atoms with Crippen LogP contribution in [0, 0.1) is 3.57 Å². The molecule has 0 spiro atoms. The van der Waals surface area contributed by atoms with Crippen molar-refractivity contribution in [3.05, 3.63) is 39.1 Å². The number of rotatable bonds is 3. The first-order chi connectivity index (χ1) is 9.56. The van der Waals surface area contributed by atoms with E-state index in [2.05, 4.69) is 65.7 Å². The van der Waals surface area contributed by atoms with Gasteiger partial charge in [-0.2, -0.15) is 0 Å². The molecule has 0 amide bonds. The van der Waals surface area contributed by atoms with Gasteiger partial charge in [0.2, 0.25) is 0 Å². The van der Waals surface area contributed by atoms with Gasteiger partial charge in [0.1, 0.15) is 5.82 Å². The molecule has 1 saturated carbocycles. The molecule has 4 heteroatoms. The van der Waals surface area contributed by atoms with Crippen molar-refractivity contribution in [3.63, 3.8) is 0 Å². The smallest absolute Gasteiger partial charge is 0.161 e. The summed E-state index contributed by atoms with van der Waals surface area (Å²) in [6.45, 7) is 4.27. The van der Waals surface area contributed by atoms with Crippen LogP contribution in [0.2, 0.25) is 0 Å². The van der Waals surface area contributed by atoms with Crippen LogP contribution in [-0.4, -0.2) is 9.97 Å². The third-order valence-electron chi connectivity index (χ3n) is 3.64. The van der Waals surface area contributed by atoms with Crippen LogP contribution in [0.15, 0.2) is 24.3 Å². The minimum absolute atomic E-state index is 0.345. The Kier molecular flexibility index (Phi) is 3.67. The fourth-order valence-corrected chi connectivity index (χ4v) is 3.21. The summed E-state index contributed by atoms with van der Waals surface area (Å²) >= 11 is 2.23. The van der Waals surface area contributed by atoms with Crippen molar-refractivity contribution < 1.29 is 0 Å². The van der Waals surface area contributed by atoms with Crippen LogP contribution in [0.4, 0.5) is 5.82 Å². The van der Waals surface area contributed by atoms with Gasteiger partial charge in [-0.05, 0) is 58.9 Å². The van der Waals surface area contributed by atoms with Crippen LogP contribution in [-0.2, 0) is 0 Å². The fourth-order valence-electron chi connectivity index (χ4n) is 2.34. The first-order valence-electron chi connectivity index (χ1n) is 6.99. The molecule has 1 aliphatic rings. The lowest BCUT2D eigenvalue weighted by Crippen LogP contribution is -2.06. The van der Waals surface area contributed by atoms with Gasteiger partial charge in [-0.25, -0.2) is 9.97 Å². The lowest BCUT2D eigenvalue weighted by Gasteiger charge is -2.12. The third kappa shape index (κ3) is 2.66. The molecule has 2 N–H and O–H groups in total. The van der Waals surface area contributed by atoms with Gasteiger partial charge in [0.15, 0.2) is 5.82 Å². The number of anilines is 1. The van der Waals surface area contributed by atoms with Gasteiger partial charge in [0.25, 0.3) is 0 Å². The van der Waals surface area contributed by atoms with Crippen molar-refractivity contribution in [2.45, 2.75) is 38.5 Å². The standard InChI is InChI=1S/C16H18IN3/c1-9(2)14-13(17)15(18)20-16(19-14)12-5-3-4-11(8-12)10-6-7-10/h3-5,8-10H,6-7H2,1-2H3,(H2,18,19,20). The van der Waals surface area contributed by atoms with Gasteiger partial charge >= 0.3 is 0 Å². The summed E-state index contributed by atoms with van der Waals surface area (Å²) < 4.78 is 0.972.